The van der Waals surface area contributed by atoms with Crippen LogP contribution in [-0.4, -0.2) is 18.4 Å². The van der Waals surface area contributed by atoms with E-state index in [1.54, 1.807) is 4.90 Å². The van der Waals surface area contributed by atoms with Gasteiger partial charge in [0, 0.05) is 25.3 Å². The van der Waals surface area contributed by atoms with E-state index in [0.717, 1.165) is 35.2 Å². The van der Waals surface area contributed by atoms with Gasteiger partial charge in [0.25, 0.3) is 0 Å². The number of carbonyl (C=O) groups excluding carboxylic acids is 2. The van der Waals surface area contributed by atoms with Crippen molar-refractivity contribution in [2.75, 3.05) is 11.4 Å². The van der Waals surface area contributed by atoms with E-state index in [4.69, 9.17) is 5.73 Å². The molecule has 0 aromatic heterocycles. The topological polar surface area (TPSA) is 75.4 Å². The number of rotatable bonds is 3. The van der Waals surface area contributed by atoms with Gasteiger partial charge in [0.2, 0.25) is 0 Å². The standard InChI is InChI=1S/C19H21N3O2/c20-12-14-5-3-6-15(11-14)13-21-18(23)19(24)22-10-4-8-16-7-1-2-9-17(16)22/h1-3,5-7,9,11H,4,8,10,12-13,20H2,(H,21,23). The fraction of sp³-hybridized carbons (Fsp3) is 0.263. The summed E-state index contributed by atoms with van der Waals surface area (Å²) < 4.78 is 0. The molecule has 1 aliphatic heterocycles. The normalized spacial score (nSPS) is 13.3. The Kier molecular flexibility index (Phi) is 4.91. The van der Waals surface area contributed by atoms with E-state index in [1.165, 1.54) is 0 Å². The Balaban J connectivity index is 1.66. The zero-order chi connectivity index (χ0) is 16.9. The van der Waals surface area contributed by atoms with Gasteiger partial charge >= 0.3 is 11.8 Å². The van der Waals surface area contributed by atoms with Gasteiger partial charge in [-0.2, -0.15) is 0 Å². The molecule has 2 aromatic carbocycles. The maximum Gasteiger partial charge on any atom is 0.316 e. The second-order valence-corrected chi connectivity index (χ2v) is 5.90. The van der Waals surface area contributed by atoms with Crippen molar-refractivity contribution in [2.24, 2.45) is 5.73 Å². The molecule has 0 unspecified atom stereocenters. The van der Waals surface area contributed by atoms with Gasteiger partial charge in [-0.05, 0) is 35.6 Å². The van der Waals surface area contributed by atoms with Gasteiger partial charge < -0.3 is 16.0 Å². The summed E-state index contributed by atoms with van der Waals surface area (Å²) in [4.78, 5) is 26.3. The second kappa shape index (κ2) is 7.27. The third-order valence-electron chi connectivity index (χ3n) is 4.23. The number of amides is 2. The lowest BCUT2D eigenvalue weighted by molar-refractivity contribution is -0.137. The van der Waals surface area contributed by atoms with E-state index >= 15 is 0 Å². The van der Waals surface area contributed by atoms with Gasteiger partial charge in [0.1, 0.15) is 0 Å². The summed E-state index contributed by atoms with van der Waals surface area (Å²) in [5, 5.41) is 2.71. The molecule has 0 atom stereocenters. The van der Waals surface area contributed by atoms with Crippen LogP contribution in [-0.2, 0) is 29.1 Å². The highest BCUT2D eigenvalue weighted by Crippen LogP contribution is 2.26. The van der Waals surface area contributed by atoms with E-state index < -0.39 is 11.8 Å². The third kappa shape index (κ3) is 3.46. The number of aryl methyl sites for hydroxylation is 1. The Hall–Kier alpha value is -2.66. The lowest BCUT2D eigenvalue weighted by Gasteiger charge is -2.28. The van der Waals surface area contributed by atoms with Crippen LogP contribution in [0.1, 0.15) is 23.1 Å². The third-order valence-corrected chi connectivity index (χ3v) is 4.23. The molecule has 24 heavy (non-hydrogen) atoms. The van der Waals surface area contributed by atoms with Gasteiger partial charge in [0.05, 0.1) is 0 Å². The first-order chi connectivity index (χ1) is 11.7. The molecule has 2 aromatic rings. The van der Waals surface area contributed by atoms with Gasteiger partial charge in [0.15, 0.2) is 0 Å². The van der Waals surface area contributed by atoms with Crippen molar-refractivity contribution < 1.29 is 9.59 Å². The van der Waals surface area contributed by atoms with E-state index in [0.29, 0.717) is 19.6 Å². The molecule has 1 heterocycles. The van der Waals surface area contributed by atoms with Crippen LogP contribution >= 0.6 is 0 Å². The van der Waals surface area contributed by atoms with Crippen LogP contribution in [0.2, 0.25) is 0 Å². The molecule has 0 radical (unpaired) electrons. The minimum Gasteiger partial charge on any atom is -0.344 e. The molecular formula is C19H21N3O2. The average molecular weight is 323 g/mol. The molecule has 0 saturated carbocycles. The number of hydrogen-bond acceptors (Lipinski definition) is 3. The fourth-order valence-electron chi connectivity index (χ4n) is 2.99. The monoisotopic (exact) mass is 323 g/mol. The van der Waals surface area contributed by atoms with Gasteiger partial charge in [-0.25, -0.2) is 0 Å². The van der Waals surface area contributed by atoms with Crippen molar-refractivity contribution in [3.63, 3.8) is 0 Å². The number of nitrogens with one attached hydrogen (secondary N) is 1. The fourth-order valence-corrected chi connectivity index (χ4v) is 2.99. The Bertz CT molecular complexity index is 758. The summed E-state index contributed by atoms with van der Waals surface area (Å²) in [5.41, 5.74) is 9.50. The summed E-state index contributed by atoms with van der Waals surface area (Å²) in [6, 6.07) is 15.4. The molecule has 0 spiro atoms. The number of para-hydroxylation sites is 1. The Morgan fingerprint density at radius 2 is 1.88 bits per heavy atom. The zero-order valence-corrected chi connectivity index (χ0v) is 13.5. The number of benzene rings is 2. The summed E-state index contributed by atoms with van der Waals surface area (Å²) >= 11 is 0. The summed E-state index contributed by atoms with van der Waals surface area (Å²) in [6.07, 6.45) is 1.81. The molecule has 0 fully saturated rings. The summed E-state index contributed by atoms with van der Waals surface area (Å²) in [6.45, 7) is 1.34. The van der Waals surface area contributed by atoms with Crippen LogP contribution in [0.5, 0.6) is 0 Å². The highest BCUT2D eigenvalue weighted by molar-refractivity contribution is 6.40. The van der Waals surface area contributed by atoms with Crippen LogP contribution in [0.15, 0.2) is 48.5 Å². The lowest BCUT2D eigenvalue weighted by Crippen LogP contribution is -2.45. The van der Waals surface area contributed by atoms with Crippen LogP contribution in [0.4, 0.5) is 5.69 Å². The highest BCUT2D eigenvalue weighted by Gasteiger charge is 2.26. The first-order valence-electron chi connectivity index (χ1n) is 8.14. The Labute approximate surface area is 141 Å². The molecule has 0 saturated heterocycles. The van der Waals surface area contributed by atoms with Crippen LogP contribution in [0, 0.1) is 0 Å². The largest absolute Gasteiger partial charge is 0.344 e. The van der Waals surface area contributed by atoms with Crippen molar-refractivity contribution in [3.05, 3.63) is 65.2 Å². The molecule has 1 aliphatic rings. The number of nitrogens with two attached hydrogens (primary N) is 1. The molecular weight excluding hydrogens is 302 g/mol. The smallest absolute Gasteiger partial charge is 0.316 e. The van der Waals surface area contributed by atoms with Crippen molar-refractivity contribution in [1.82, 2.24) is 5.32 Å². The molecule has 0 aliphatic carbocycles. The molecule has 5 heteroatoms. The predicted molar refractivity (Wildman–Crippen MR) is 93.3 cm³/mol. The highest BCUT2D eigenvalue weighted by atomic mass is 16.2. The number of nitrogens with zero attached hydrogens (tertiary/aromatic N) is 1. The van der Waals surface area contributed by atoms with E-state index in [-0.39, 0.29) is 0 Å². The number of fused-ring (bicyclic) bond motifs is 1. The Morgan fingerprint density at radius 3 is 2.71 bits per heavy atom. The minimum atomic E-state index is -0.579. The summed E-state index contributed by atoms with van der Waals surface area (Å²) in [7, 11) is 0. The number of carbonyl (C=O) groups is 2. The molecule has 3 rings (SSSR count). The minimum absolute atomic E-state index is 0.313. The van der Waals surface area contributed by atoms with Gasteiger partial charge in [-0.3, -0.25) is 9.59 Å². The number of hydrogen-bond donors (Lipinski definition) is 2. The summed E-state index contributed by atoms with van der Waals surface area (Å²) in [5.74, 6) is -1.08. The zero-order valence-electron chi connectivity index (χ0n) is 13.5. The SMILES string of the molecule is NCc1cccc(CNC(=O)C(=O)N2CCCc3ccccc32)c1. The maximum atomic E-state index is 12.5. The number of anilines is 1. The van der Waals surface area contributed by atoms with Crippen LogP contribution < -0.4 is 16.0 Å². The lowest BCUT2D eigenvalue weighted by atomic mass is 10.0. The predicted octanol–water partition coefficient (Wildman–Crippen LogP) is 1.74. The van der Waals surface area contributed by atoms with E-state index in [9.17, 15) is 9.59 Å². The average Bonchev–Trinajstić information content (AvgIpc) is 2.65. The van der Waals surface area contributed by atoms with Crippen molar-refractivity contribution in [3.8, 4) is 0 Å². The van der Waals surface area contributed by atoms with Crippen LogP contribution in [0.25, 0.3) is 0 Å². The van der Waals surface area contributed by atoms with E-state index in [2.05, 4.69) is 5.32 Å². The van der Waals surface area contributed by atoms with Crippen molar-refractivity contribution >= 4 is 17.5 Å². The molecule has 3 N–H and O–H groups in total. The molecule has 5 nitrogen and oxygen atoms in total. The molecule has 124 valence electrons. The van der Waals surface area contributed by atoms with Gasteiger partial charge in [-0.1, -0.05) is 42.5 Å². The molecule has 2 amide bonds. The first-order valence-corrected chi connectivity index (χ1v) is 8.14. The van der Waals surface area contributed by atoms with Crippen molar-refractivity contribution in [2.45, 2.75) is 25.9 Å². The maximum absolute atomic E-state index is 12.5. The van der Waals surface area contributed by atoms with Crippen LogP contribution in [0.3, 0.4) is 0 Å². The van der Waals surface area contributed by atoms with Crippen molar-refractivity contribution in [1.29, 1.82) is 0 Å². The second-order valence-electron chi connectivity index (χ2n) is 5.90. The first kappa shape index (κ1) is 16.2. The quantitative estimate of drug-likeness (QED) is 0.845. The van der Waals surface area contributed by atoms with Gasteiger partial charge in [-0.15, -0.1) is 0 Å². The van der Waals surface area contributed by atoms with E-state index in [1.807, 2.05) is 48.5 Å². The molecule has 0 bridgehead atoms. The Morgan fingerprint density at radius 1 is 1.08 bits per heavy atom.